The van der Waals surface area contributed by atoms with Crippen molar-refractivity contribution in [1.29, 1.82) is 0 Å². The van der Waals surface area contributed by atoms with Crippen molar-refractivity contribution in [3.63, 3.8) is 0 Å². The molecule has 4 heteroatoms. The molecule has 0 radical (unpaired) electrons. The zero-order valence-corrected chi connectivity index (χ0v) is 8.87. The van der Waals surface area contributed by atoms with Crippen LogP contribution < -0.4 is 0 Å². The van der Waals surface area contributed by atoms with Crippen LogP contribution in [-0.2, 0) is 9.47 Å². The number of hydrogen-bond acceptors (Lipinski definition) is 3. The second-order valence-electron chi connectivity index (χ2n) is 3.37. The molecule has 1 aromatic rings. The van der Waals surface area contributed by atoms with Gasteiger partial charge >= 0.3 is 5.97 Å². The van der Waals surface area contributed by atoms with Gasteiger partial charge in [-0.2, -0.15) is 0 Å². The average molecular weight is 227 g/mol. The summed E-state index contributed by atoms with van der Waals surface area (Å²) in [6.45, 7) is 1.14. The quantitative estimate of drug-likeness (QED) is 0.726. The minimum Gasteiger partial charge on any atom is -0.456 e. The van der Waals surface area contributed by atoms with Crippen molar-refractivity contribution in [2.24, 2.45) is 0 Å². The molecule has 1 atom stereocenters. The first-order valence-electron chi connectivity index (χ1n) is 4.80. The highest BCUT2D eigenvalue weighted by atomic mass is 35.5. The largest absolute Gasteiger partial charge is 0.456 e. The van der Waals surface area contributed by atoms with Gasteiger partial charge in [-0.3, -0.25) is 0 Å². The molecule has 0 unspecified atom stereocenters. The van der Waals surface area contributed by atoms with Gasteiger partial charge in [0.25, 0.3) is 0 Å². The van der Waals surface area contributed by atoms with E-state index in [1.807, 2.05) is 0 Å². The van der Waals surface area contributed by atoms with E-state index in [1.54, 1.807) is 24.3 Å². The Labute approximate surface area is 92.9 Å². The van der Waals surface area contributed by atoms with E-state index in [4.69, 9.17) is 21.1 Å². The van der Waals surface area contributed by atoms with Crippen molar-refractivity contribution >= 4 is 17.6 Å². The minimum atomic E-state index is -0.379. The van der Waals surface area contributed by atoms with Crippen molar-refractivity contribution in [3.05, 3.63) is 34.9 Å². The Balaban J connectivity index is 2.04. The van der Waals surface area contributed by atoms with Gasteiger partial charge in [-0.05, 0) is 12.1 Å². The Morgan fingerprint density at radius 2 is 2.27 bits per heavy atom. The second kappa shape index (κ2) is 4.64. The van der Waals surface area contributed by atoms with E-state index in [2.05, 4.69) is 0 Å². The molecule has 0 bridgehead atoms. The zero-order valence-electron chi connectivity index (χ0n) is 8.11. The standard InChI is InChI=1S/C11H11ClO3/c12-10-4-2-1-3-9(10)11(13)15-8-5-6-14-7-8/h1-4,8H,5-7H2/t8-/m0/s1. The van der Waals surface area contributed by atoms with Gasteiger partial charge in [0.1, 0.15) is 6.10 Å². The van der Waals surface area contributed by atoms with E-state index in [-0.39, 0.29) is 12.1 Å². The fourth-order valence-corrected chi connectivity index (χ4v) is 1.66. The van der Waals surface area contributed by atoms with Crippen LogP contribution in [0.4, 0.5) is 0 Å². The van der Waals surface area contributed by atoms with Crippen LogP contribution in [0.3, 0.4) is 0 Å². The number of halogens is 1. The molecule has 1 heterocycles. The molecule has 3 nitrogen and oxygen atoms in total. The van der Waals surface area contributed by atoms with Crippen LogP contribution in [-0.4, -0.2) is 25.3 Å². The van der Waals surface area contributed by atoms with Crippen molar-refractivity contribution in [3.8, 4) is 0 Å². The summed E-state index contributed by atoms with van der Waals surface area (Å²) < 4.78 is 10.3. The summed E-state index contributed by atoms with van der Waals surface area (Å²) in [7, 11) is 0. The molecule has 80 valence electrons. The molecule has 1 aliphatic heterocycles. The lowest BCUT2D eigenvalue weighted by atomic mass is 10.2. The molecule has 1 aliphatic rings. The van der Waals surface area contributed by atoms with Gasteiger partial charge in [-0.1, -0.05) is 23.7 Å². The Morgan fingerprint density at radius 1 is 1.47 bits per heavy atom. The van der Waals surface area contributed by atoms with Gasteiger partial charge in [0.15, 0.2) is 0 Å². The summed E-state index contributed by atoms with van der Waals surface area (Å²) in [6.07, 6.45) is 0.629. The molecular formula is C11H11ClO3. The monoisotopic (exact) mass is 226 g/mol. The van der Waals surface area contributed by atoms with Crippen molar-refractivity contribution in [1.82, 2.24) is 0 Å². The van der Waals surface area contributed by atoms with E-state index < -0.39 is 0 Å². The third kappa shape index (κ3) is 2.49. The first-order valence-corrected chi connectivity index (χ1v) is 5.18. The van der Waals surface area contributed by atoms with Gasteiger partial charge in [0.05, 0.1) is 23.8 Å². The van der Waals surface area contributed by atoms with Crippen LogP contribution in [0.15, 0.2) is 24.3 Å². The molecule has 1 saturated heterocycles. The summed E-state index contributed by atoms with van der Waals surface area (Å²) in [5, 5.41) is 0.418. The molecular weight excluding hydrogens is 216 g/mol. The van der Waals surface area contributed by atoms with E-state index in [0.29, 0.717) is 23.8 Å². The molecule has 0 aromatic heterocycles. The highest BCUT2D eigenvalue weighted by Crippen LogP contribution is 2.18. The molecule has 2 rings (SSSR count). The second-order valence-corrected chi connectivity index (χ2v) is 3.78. The maximum atomic E-state index is 11.7. The molecule has 1 aromatic carbocycles. The van der Waals surface area contributed by atoms with E-state index in [1.165, 1.54) is 0 Å². The summed E-state index contributed by atoms with van der Waals surface area (Å²) in [5.41, 5.74) is 0.408. The normalized spacial score (nSPS) is 20.2. The Morgan fingerprint density at radius 3 is 2.93 bits per heavy atom. The van der Waals surface area contributed by atoms with Gasteiger partial charge in [-0.15, -0.1) is 0 Å². The molecule has 0 aliphatic carbocycles. The lowest BCUT2D eigenvalue weighted by Gasteiger charge is -2.10. The minimum absolute atomic E-state index is 0.131. The smallest absolute Gasteiger partial charge is 0.340 e. The zero-order chi connectivity index (χ0) is 10.7. The third-order valence-electron chi connectivity index (χ3n) is 2.26. The lowest BCUT2D eigenvalue weighted by molar-refractivity contribution is 0.0271. The van der Waals surface area contributed by atoms with Crippen molar-refractivity contribution in [2.75, 3.05) is 13.2 Å². The number of hydrogen-bond donors (Lipinski definition) is 0. The van der Waals surface area contributed by atoms with Crippen LogP contribution in [0.1, 0.15) is 16.8 Å². The van der Waals surface area contributed by atoms with Gasteiger partial charge in [0, 0.05) is 6.42 Å². The van der Waals surface area contributed by atoms with Gasteiger partial charge in [0.2, 0.25) is 0 Å². The molecule has 0 saturated carbocycles. The van der Waals surface area contributed by atoms with Crippen LogP contribution in [0.25, 0.3) is 0 Å². The lowest BCUT2D eigenvalue weighted by Crippen LogP contribution is -2.18. The Kier molecular flexibility index (Phi) is 3.23. The predicted octanol–water partition coefficient (Wildman–Crippen LogP) is 2.29. The molecule has 0 N–H and O–H groups in total. The van der Waals surface area contributed by atoms with E-state index >= 15 is 0 Å². The molecule has 15 heavy (non-hydrogen) atoms. The fourth-order valence-electron chi connectivity index (χ4n) is 1.45. The highest BCUT2D eigenvalue weighted by Gasteiger charge is 2.21. The summed E-state index contributed by atoms with van der Waals surface area (Å²) in [4.78, 5) is 11.7. The Hall–Kier alpha value is -1.06. The predicted molar refractivity (Wildman–Crippen MR) is 56.1 cm³/mol. The number of carbonyl (C=O) groups excluding carboxylic acids is 1. The molecule has 0 spiro atoms. The maximum absolute atomic E-state index is 11.7. The number of esters is 1. The number of benzene rings is 1. The maximum Gasteiger partial charge on any atom is 0.340 e. The Bertz CT molecular complexity index is 359. The van der Waals surface area contributed by atoms with Gasteiger partial charge in [-0.25, -0.2) is 4.79 Å². The summed E-state index contributed by atoms with van der Waals surface area (Å²) in [6, 6.07) is 6.86. The van der Waals surface area contributed by atoms with Crippen LogP contribution >= 0.6 is 11.6 Å². The third-order valence-corrected chi connectivity index (χ3v) is 2.58. The van der Waals surface area contributed by atoms with Crippen LogP contribution in [0, 0.1) is 0 Å². The number of rotatable bonds is 2. The van der Waals surface area contributed by atoms with Crippen molar-refractivity contribution in [2.45, 2.75) is 12.5 Å². The summed E-state index contributed by atoms with van der Waals surface area (Å²) in [5.74, 6) is -0.379. The van der Waals surface area contributed by atoms with E-state index in [0.717, 1.165) is 6.42 Å². The fraction of sp³-hybridized carbons (Fsp3) is 0.364. The van der Waals surface area contributed by atoms with Crippen molar-refractivity contribution < 1.29 is 14.3 Å². The van der Waals surface area contributed by atoms with Crippen LogP contribution in [0.2, 0.25) is 5.02 Å². The first-order chi connectivity index (χ1) is 7.27. The number of carbonyl (C=O) groups is 1. The van der Waals surface area contributed by atoms with Gasteiger partial charge < -0.3 is 9.47 Å². The first kappa shape index (κ1) is 10.5. The molecule has 1 fully saturated rings. The topological polar surface area (TPSA) is 35.5 Å². The summed E-state index contributed by atoms with van der Waals surface area (Å²) >= 11 is 5.87. The van der Waals surface area contributed by atoms with E-state index in [9.17, 15) is 4.79 Å². The molecule has 0 amide bonds. The van der Waals surface area contributed by atoms with Crippen LogP contribution in [0.5, 0.6) is 0 Å². The highest BCUT2D eigenvalue weighted by molar-refractivity contribution is 6.33. The average Bonchev–Trinajstić information content (AvgIpc) is 2.71. The number of ether oxygens (including phenoxy) is 2. The SMILES string of the molecule is O=C(O[C@H]1CCOC1)c1ccccc1Cl.